The first kappa shape index (κ1) is 22.8. The molecule has 3 aromatic carbocycles. The molecule has 0 bridgehead atoms. The maximum absolute atomic E-state index is 12.9. The van der Waals surface area contributed by atoms with Crippen LogP contribution in [0.1, 0.15) is 26.3 Å². The molecule has 1 saturated heterocycles. The maximum atomic E-state index is 12.9. The highest BCUT2D eigenvalue weighted by Gasteiger charge is 2.30. The minimum Gasteiger partial charge on any atom is -0.336 e. The van der Waals surface area contributed by atoms with Crippen LogP contribution in [-0.4, -0.2) is 30.9 Å². The Morgan fingerprint density at radius 3 is 2.29 bits per heavy atom. The van der Waals surface area contributed by atoms with E-state index in [1.807, 2.05) is 0 Å². The number of amides is 4. The van der Waals surface area contributed by atoms with E-state index in [1.54, 1.807) is 41.3 Å². The van der Waals surface area contributed by atoms with Gasteiger partial charge in [-0.25, -0.2) is 4.79 Å². The first-order valence-corrected chi connectivity index (χ1v) is 10.3. The standard InChI is InChI=1S/C24H19F3N4O3/c25-24(26,27)16-4-3-5-17(14-16)29-22(33)19-6-1-2-7-20(19)30-21(32)15-8-10-18(11-9-15)31-13-12-28-23(31)34/h1-11,14H,12-13H2,(H,28,34)(H,29,33)(H,30,32). The fourth-order valence-corrected chi connectivity index (χ4v) is 3.47. The van der Waals surface area contributed by atoms with Gasteiger partial charge < -0.3 is 16.0 Å². The summed E-state index contributed by atoms with van der Waals surface area (Å²) in [5.41, 5.74) is 0.312. The number of halogens is 3. The third-order valence-electron chi connectivity index (χ3n) is 5.17. The summed E-state index contributed by atoms with van der Waals surface area (Å²) in [5, 5.41) is 7.78. The Morgan fingerprint density at radius 1 is 0.882 bits per heavy atom. The summed E-state index contributed by atoms with van der Waals surface area (Å²) in [7, 11) is 0. The van der Waals surface area contributed by atoms with Crippen LogP contribution in [0, 0.1) is 0 Å². The second-order valence-electron chi connectivity index (χ2n) is 7.46. The van der Waals surface area contributed by atoms with Crippen LogP contribution in [0.25, 0.3) is 0 Å². The average molecular weight is 468 g/mol. The molecule has 0 aromatic heterocycles. The number of benzene rings is 3. The van der Waals surface area contributed by atoms with Crippen molar-refractivity contribution in [1.82, 2.24) is 5.32 Å². The van der Waals surface area contributed by atoms with E-state index >= 15 is 0 Å². The van der Waals surface area contributed by atoms with E-state index in [-0.39, 0.29) is 23.0 Å². The molecule has 0 radical (unpaired) electrons. The van der Waals surface area contributed by atoms with Crippen molar-refractivity contribution in [2.45, 2.75) is 6.18 Å². The largest absolute Gasteiger partial charge is 0.416 e. The molecule has 0 spiro atoms. The van der Waals surface area contributed by atoms with Gasteiger partial charge in [0.15, 0.2) is 0 Å². The smallest absolute Gasteiger partial charge is 0.336 e. The van der Waals surface area contributed by atoms with Crippen molar-refractivity contribution in [3.63, 3.8) is 0 Å². The topological polar surface area (TPSA) is 90.5 Å². The Bertz CT molecular complexity index is 1240. The second-order valence-corrected chi connectivity index (χ2v) is 7.46. The minimum absolute atomic E-state index is 0.0255. The summed E-state index contributed by atoms with van der Waals surface area (Å²) in [4.78, 5) is 38.8. The molecule has 34 heavy (non-hydrogen) atoms. The predicted molar refractivity (Wildman–Crippen MR) is 121 cm³/mol. The van der Waals surface area contributed by atoms with Crippen LogP contribution in [0.5, 0.6) is 0 Å². The normalized spacial score (nSPS) is 13.4. The molecule has 4 amide bonds. The van der Waals surface area contributed by atoms with Gasteiger partial charge in [-0.3, -0.25) is 14.5 Å². The number of alkyl halides is 3. The summed E-state index contributed by atoms with van der Waals surface area (Å²) in [6.07, 6.45) is -4.54. The van der Waals surface area contributed by atoms with Gasteiger partial charge in [0.25, 0.3) is 11.8 Å². The molecule has 4 rings (SSSR count). The maximum Gasteiger partial charge on any atom is 0.416 e. The molecule has 0 saturated carbocycles. The highest BCUT2D eigenvalue weighted by molar-refractivity contribution is 6.12. The number of anilines is 3. The molecule has 1 heterocycles. The van der Waals surface area contributed by atoms with Crippen molar-refractivity contribution in [2.24, 2.45) is 0 Å². The first-order chi connectivity index (χ1) is 16.2. The van der Waals surface area contributed by atoms with Gasteiger partial charge in [0, 0.05) is 30.0 Å². The van der Waals surface area contributed by atoms with E-state index < -0.39 is 23.6 Å². The molecule has 174 valence electrons. The third-order valence-corrected chi connectivity index (χ3v) is 5.17. The molecule has 3 N–H and O–H groups in total. The van der Waals surface area contributed by atoms with Crippen molar-refractivity contribution in [3.05, 3.63) is 89.5 Å². The Kier molecular flexibility index (Phi) is 6.22. The minimum atomic E-state index is -4.54. The summed E-state index contributed by atoms with van der Waals surface area (Å²) in [6, 6.07) is 16.6. The van der Waals surface area contributed by atoms with Crippen LogP contribution in [-0.2, 0) is 6.18 Å². The van der Waals surface area contributed by atoms with E-state index in [9.17, 15) is 27.6 Å². The molecule has 1 aliphatic heterocycles. The number of urea groups is 1. The molecule has 0 atom stereocenters. The highest BCUT2D eigenvalue weighted by atomic mass is 19.4. The number of hydrogen-bond donors (Lipinski definition) is 3. The lowest BCUT2D eigenvalue weighted by Gasteiger charge is -2.15. The zero-order valence-electron chi connectivity index (χ0n) is 17.6. The zero-order valence-corrected chi connectivity index (χ0v) is 17.6. The first-order valence-electron chi connectivity index (χ1n) is 10.3. The van der Waals surface area contributed by atoms with Crippen molar-refractivity contribution < 1.29 is 27.6 Å². The predicted octanol–water partition coefficient (Wildman–Crippen LogP) is 4.74. The Labute approximate surface area is 192 Å². The quantitative estimate of drug-likeness (QED) is 0.505. The van der Waals surface area contributed by atoms with Crippen LogP contribution >= 0.6 is 0 Å². The summed E-state index contributed by atoms with van der Waals surface area (Å²) in [6.45, 7) is 1.07. The van der Waals surface area contributed by atoms with E-state index in [0.717, 1.165) is 12.1 Å². The van der Waals surface area contributed by atoms with Crippen LogP contribution in [0.4, 0.5) is 35.0 Å². The van der Waals surface area contributed by atoms with Crippen LogP contribution in [0.2, 0.25) is 0 Å². The highest BCUT2D eigenvalue weighted by Crippen LogP contribution is 2.31. The van der Waals surface area contributed by atoms with Gasteiger partial charge in [-0.05, 0) is 54.6 Å². The van der Waals surface area contributed by atoms with Crippen LogP contribution in [0.15, 0.2) is 72.8 Å². The van der Waals surface area contributed by atoms with Crippen molar-refractivity contribution in [3.8, 4) is 0 Å². The van der Waals surface area contributed by atoms with Crippen LogP contribution in [0.3, 0.4) is 0 Å². The second kappa shape index (κ2) is 9.26. The lowest BCUT2D eigenvalue weighted by atomic mass is 10.1. The number of para-hydroxylation sites is 1. The van der Waals surface area contributed by atoms with Gasteiger partial charge in [0.2, 0.25) is 0 Å². The van der Waals surface area contributed by atoms with E-state index in [4.69, 9.17) is 0 Å². The monoisotopic (exact) mass is 468 g/mol. The zero-order chi connectivity index (χ0) is 24.3. The lowest BCUT2D eigenvalue weighted by molar-refractivity contribution is -0.137. The summed E-state index contributed by atoms with van der Waals surface area (Å²) >= 11 is 0. The molecule has 3 aromatic rings. The average Bonchev–Trinajstić information content (AvgIpc) is 3.25. The number of nitrogens with one attached hydrogen (secondary N) is 3. The van der Waals surface area contributed by atoms with Gasteiger partial charge in [-0.2, -0.15) is 13.2 Å². The summed E-state index contributed by atoms with van der Waals surface area (Å²) in [5.74, 6) is -1.16. The van der Waals surface area contributed by atoms with E-state index in [0.29, 0.717) is 24.3 Å². The van der Waals surface area contributed by atoms with Gasteiger partial charge in [-0.15, -0.1) is 0 Å². The van der Waals surface area contributed by atoms with Crippen LogP contribution < -0.4 is 20.9 Å². The molecule has 1 fully saturated rings. The SMILES string of the molecule is O=C(Nc1ccccc1C(=O)Nc1cccc(C(F)(F)F)c1)c1ccc(N2CCNC2=O)cc1. The molecule has 1 aliphatic rings. The molecular weight excluding hydrogens is 449 g/mol. The van der Waals surface area contributed by atoms with E-state index in [2.05, 4.69) is 16.0 Å². The Morgan fingerprint density at radius 2 is 1.62 bits per heavy atom. The van der Waals surface area contributed by atoms with E-state index in [1.165, 1.54) is 24.3 Å². The van der Waals surface area contributed by atoms with Crippen molar-refractivity contribution in [1.29, 1.82) is 0 Å². The van der Waals surface area contributed by atoms with Gasteiger partial charge in [0.1, 0.15) is 0 Å². The fraction of sp³-hybridized carbons (Fsp3) is 0.125. The molecule has 0 aliphatic carbocycles. The number of carbonyl (C=O) groups excluding carboxylic acids is 3. The summed E-state index contributed by atoms with van der Waals surface area (Å²) < 4.78 is 38.8. The lowest BCUT2D eigenvalue weighted by Crippen LogP contribution is -2.27. The third kappa shape index (κ3) is 5.01. The van der Waals surface area contributed by atoms with Crippen molar-refractivity contribution in [2.75, 3.05) is 28.6 Å². The van der Waals surface area contributed by atoms with Gasteiger partial charge >= 0.3 is 12.2 Å². The number of rotatable bonds is 5. The van der Waals surface area contributed by atoms with Gasteiger partial charge in [0.05, 0.1) is 16.8 Å². The molecule has 7 nitrogen and oxygen atoms in total. The van der Waals surface area contributed by atoms with Gasteiger partial charge in [-0.1, -0.05) is 18.2 Å². The molecular formula is C24H19F3N4O3. The Balaban J connectivity index is 1.48. The Hall–Kier alpha value is -4.34. The van der Waals surface area contributed by atoms with Crippen molar-refractivity contribution >= 4 is 34.9 Å². The fourth-order valence-electron chi connectivity index (χ4n) is 3.47. The molecule has 0 unspecified atom stereocenters. The number of hydrogen-bond acceptors (Lipinski definition) is 3. The number of nitrogens with zero attached hydrogens (tertiary/aromatic N) is 1. The number of carbonyl (C=O) groups is 3. The molecule has 10 heteroatoms.